The lowest BCUT2D eigenvalue weighted by molar-refractivity contribution is 0.397. The van der Waals surface area contributed by atoms with Crippen LogP contribution in [0.5, 0.6) is 17.2 Å². The highest BCUT2D eigenvalue weighted by Crippen LogP contribution is 2.37. The van der Waals surface area contributed by atoms with E-state index in [-0.39, 0.29) is 11.9 Å². The maximum absolute atomic E-state index is 13.1. The molecule has 106 valence electrons. The Labute approximate surface area is 125 Å². The van der Waals surface area contributed by atoms with Crippen molar-refractivity contribution in [2.75, 3.05) is 7.11 Å². The minimum absolute atomic E-state index is 0.250. The maximum atomic E-state index is 13.1. The molecule has 0 aliphatic carbocycles. The Balaban J connectivity index is 2.43. The second-order valence-electron chi connectivity index (χ2n) is 4.34. The van der Waals surface area contributed by atoms with Crippen LogP contribution in [0.1, 0.15) is 18.5 Å². The fraction of sp³-hybridized carbons (Fsp3) is 0.200. The third-order valence-electron chi connectivity index (χ3n) is 2.82. The van der Waals surface area contributed by atoms with E-state index in [1.54, 1.807) is 19.2 Å². The van der Waals surface area contributed by atoms with Gasteiger partial charge in [0.1, 0.15) is 23.1 Å². The lowest BCUT2D eigenvalue weighted by Gasteiger charge is -2.17. The van der Waals surface area contributed by atoms with Crippen LogP contribution in [0.3, 0.4) is 0 Å². The molecule has 0 amide bonds. The Bertz CT molecular complexity index is 617. The summed E-state index contributed by atoms with van der Waals surface area (Å²) >= 11 is 3.27. The Kier molecular flexibility index (Phi) is 4.62. The number of hydrogen-bond donors (Lipinski definition) is 1. The van der Waals surface area contributed by atoms with Crippen LogP contribution in [0.25, 0.3) is 0 Å². The van der Waals surface area contributed by atoms with Crippen molar-refractivity contribution >= 4 is 15.9 Å². The molecule has 2 rings (SSSR count). The average Bonchev–Trinajstić information content (AvgIpc) is 2.41. The van der Waals surface area contributed by atoms with E-state index in [0.29, 0.717) is 21.7 Å². The van der Waals surface area contributed by atoms with Gasteiger partial charge in [-0.2, -0.15) is 0 Å². The number of benzene rings is 2. The average molecular weight is 340 g/mol. The van der Waals surface area contributed by atoms with E-state index in [9.17, 15) is 4.39 Å². The Hall–Kier alpha value is -1.59. The van der Waals surface area contributed by atoms with Crippen LogP contribution in [-0.2, 0) is 0 Å². The molecule has 3 nitrogen and oxygen atoms in total. The van der Waals surface area contributed by atoms with Gasteiger partial charge in [-0.15, -0.1) is 0 Å². The van der Waals surface area contributed by atoms with Crippen molar-refractivity contribution in [2.24, 2.45) is 5.73 Å². The molecule has 1 atom stereocenters. The van der Waals surface area contributed by atoms with Crippen LogP contribution in [0.4, 0.5) is 4.39 Å². The van der Waals surface area contributed by atoms with E-state index in [4.69, 9.17) is 15.2 Å². The Morgan fingerprint density at radius 2 is 1.85 bits per heavy atom. The summed E-state index contributed by atoms with van der Waals surface area (Å²) in [6.07, 6.45) is 0. The fourth-order valence-corrected chi connectivity index (χ4v) is 2.35. The number of nitrogens with two attached hydrogens (primary N) is 1. The normalized spacial score (nSPS) is 12.1. The zero-order valence-corrected chi connectivity index (χ0v) is 12.8. The summed E-state index contributed by atoms with van der Waals surface area (Å²) in [5.41, 5.74) is 6.74. The first kappa shape index (κ1) is 14.8. The molecule has 0 saturated carbocycles. The molecule has 20 heavy (non-hydrogen) atoms. The third kappa shape index (κ3) is 3.11. The smallest absolute Gasteiger partial charge is 0.141 e. The molecule has 2 aromatic rings. The van der Waals surface area contributed by atoms with Gasteiger partial charge in [0.25, 0.3) is 0 Å². The quantitative estimate of drug-likeness (QED) is 0.897. The van der Waals surface area contributed by atoms with Crippen LogP contribution in [0.15, 0.2) is 40.9 Å². The highest BCUT2D eigenvalue weighted by Gasteiger charge is 2.15. The molecule has 0 fully saturated rings. The molecule has 0 heterocycles. The largest absolute Gasteiger partial charge is 0.496 e. The van der Waals surface area contributed by atoms with Crippen LogP contribution in [0.2, 0.25) is 0 Å². The van der Waals surface area contributed by atoms with E-state index in [2.05, 4.69) is 15.9 Å². The van der Waals surface area contributed by atoms with E-state index >= 15 is 0 Å². The van der Waals surface area contributed by atoms with Crippen molar-refractivity contribution < 1.29 is 13.9 Å². The zero-order valence-electron chi connectivity index (χ0n) is 11.2. The molecule has 2 N–H and O–H groups in total. The molecular weight excluding hydrogens is 325 g/mol. The van der Waals surface area contributed by atoms with E-state index in [1.165, 1.54) is 12.1 Å². The summed E-state index contributed by atoms with van der Waals surface area (Å²) in [5.74, 6) is 1.44. The minimum atomic E-state index is -0.331. The lowest BCUT2D eigenvalue weighted by atomic mass is 10.1. The van der Waals surface area contributed by atoms with Crippen molar-refractivity contribution in [3.63, 3.8) is 0 Å². The molecule has 2 aromatic carbocycles. The van der Waals surface area contributed by atoms with Gasteiger partial charge in [0.2, 0.25) is 0 Å². The van der Waals surface area contributed by atoms with Gasteiger partial charge in [0.15, 0.2) is 0 Å². The molecule has 0 bridgehead atoms. The van der Waals surface area contributed by atoms with Gasteiger partial charge in [0.05, 0.1) is 17.1 Å². The van der Waals surface area contributed by atoms with Gasteiger partial charge in [0, 0.05) is 6.04 Å². The molecule has 0 aromatic heterocycles. The summed E-state index contributed by atoms with van der Waals surface area (Å²) in [4.78, 5) is 0. The highest BCUT2D eigenvalue weighted by atomic mass is 79.9. The molecule has 0 spiro atoms. The predicted molar refractivity (Wildman–Crippen MR) is 79.8 cm³/mol. The first-order chi connectivity index (χ1) is 9.52. The van der Waals surface area contributed by atoms with Crippen molar-refractivity contribution in [3.8, 4) is 17.2 Å². The van der Waals surface area contributed by atoms with Gasteiger partial charge in [-0.3, -0.25) is 0 Å². The van der Waals surface area contributed by atoms with E-state index in [1.807, 2.05) is 19.1 Å². The summed E-state index contributed by atoms with van der Waals surface area (Å²) < 4.78 is 24.8. The molecule has 5 heteroatoms. The SMILES string of the molecule is COc1cccc(Oc2ccc(F)cc2Br)c1C(C)N. The lowest BCUT2D eigenvalue weighted by Crippen LogP contribution is -2.08. The van der Waals surface area contributed by atoms with Crippen LogP contribution >= 0.6 is 15.9 Å². The van der Waals surface area contributed by atoms with Gasteiger partial charge < -0.3 is 15.2 Å². The van der Waals surface area contributed by atoms with Crippen LogP contribution < -0.4 is 15.2 Å². The van der Waals surface area contributed by atoms with Gasteiger partial charge in [-0.25, -0.2) is 4.39 Å². The molecular formula is C15H15BrFNO2. The summed E-state index contributed by atoms with van der Waals surface area (Å²) in [6, 6.07) is 9.44. The van der Waals surface area contributed by atoms with Crippen LogP contribution in [0, 0.1) is 5.82 Å². The van der Waals surface area contributed by atoms with Gasteiger partial charge >= 0.3 is 0 Å². The van der Waals surface area contributed by atoms with Crippen molar-refractivity contribution in [3.05, 3.63) is 52.3 Å². The first-order valence-electron chi connectivity index (χ1n) is 6.08. The Morgan fingerprint density at radius 1 is 1.15 bits per heavy atom. The van der Waals surface area contributed by atoms with Gasteiger partial charge in [-0.05, 0) is 53.2 Å². The summed E-state index contributed by atoms with van der Waals surface area (Å²) in [7, 11) is 1.58. The number of ether oxygens (including phenoxy) is 2. The monoisotopic (exact) mass is 339 g/mol. The zero-order chi connectivity index (χ0) is 14.7. The van der Waals surface area contributed by atoms with Crippen molar-refractivity contribution in [1.82, 2.24) is 0 Å². The molecule has 0 radical (unpaired) electrons. The molecule has 0 aliphatic rings. The third-order valence-corrected chi connectivity index (χ3v) is 3.43. The number of methoxy groups -OCH3 is 1. The van der Waals surface area contributed by atoms with Crippen molar-refractivity contribution in [1.29, 1.82) is 0 Å². The van der Waals surface area contributed by atoms with Crippen LogP contribution in [-0.4, -0.2) is 7.11 Å². The topological polar surface area (TPSA) is 44.5 Å². The Morgan fingerprint density at radius 3 is 2.45 bits per heavy atom. The molecule has 1 unspecified atom stereocenters. The summed E-state index contributed by atoms with van der Waals surface area (Å²) in [5, 5.41) is 0. The molecule has 0 aliphatic heterocycles. The second kappa shape index (κ2) is 6.24. The van der Waals surface area contributed by atoms with Gasteiger partial charge in [-0.1, -0.05) is 6.07 Å². The standard InChI is InChI=1S/C15H15BrFNO2/c1-9(18)15-13(19-2)4-3-5-14(15)20-12-7-6-10(17)8-11(12)16/h3-9H,18H2,1-2H3. The number of hydrogen-bond acceptors (Lipinski definition) is 3. The minimum Gasteiger partial charge on any atom is -0.496 e. The molecule has 0 saturated heterocycles. The van der Waals surface area contributed by atoms with E-state index in [0.717, 1.165) is 5.56 Å². The summed E-state index contributed by atoms with van der Waals surface area (Å²) in [6.45, 7) is 1.85. The fourth-order valence-electron chi connectivity index (χ4n) is 1.92. The maximum Gasteiger partial charge on any atom is 0.141 e. The highest BCUT2D eigenvalue weighted by molar-refractivity contribution is 9.10. The second-order valence-corrected chi connectivity index (χ2v) is 5.19. The predicted octanol–water partition coefficient (Wildman–Crippen LogP) is 4.41. The van der Waals surface area contributed by atoms with E-state index < -0.39 is 0 Å². The first-order valence-corrected chi connectivity index (χ1v) is 6.87. The van der Waals surface area contributed by atoms with Crippen molar-refractivity contribution in [2.45, 2.75) is 13.0 Å². The number of halogens is 2. The number of rotatable bonds is 4.